The van der Waals surface area contributed by atoms with Crippen molar-refractivity contribution in [3.63, 3.8) is 0 Å². The lowest BCUT2D eigenvalue weighted by molar-refractivity contribution is -0.109. The Hall–Kier alpha value is -1.58. The van der Waals surface area contributed by atoms with Crippen molar-refractivity contribution in [1.29, 1.82) is 0 Å². The van der Waals surface area contributed by atoms with E-state index in [1.807, 2.05) is 13.8 Å². The maximum absolute atomic E-state index is 11.5. The number of nitrogens with zero attached hydrogens (tertiary/aromatic N) is 1. The molecule has 0 radical (unpaired) electrons. The summed E-state index contributed by atoms with van der Waals surface area (Å²) in [4.78, 5) is 15.7. The van der Waals surface area contributed by atoms with Crippen molar-refractivity contribution in [2.24, 2.45) is 4.99 Å². The van der Waals surface area contributed by atoms with E-state index in [1.165, 1.54) is 6.08 Å². The number of carbonyl (C=O) groups excluding carboxylic acids is 1. The van der Waals surface area contributed by atoms with Gasteiger partial charge in [-0.3, -0.25) is 9.79 Å². The molecule has 0 aliphatic heterocycles. The lowest BCUT2D eigenvalue weighted by Crippen LogP contribution is -2.24. The van der Waals surface area contributed by atoms with Gasteiger partial charge < -0.3 is 10.4 Å². The second kappa shape index (κ2) is 6.10. The fourth-order valence-corrected chi connectivity index (χ4v) is 1.31. The van der Waals surface area contributed by atoms with E-state index < -0.39 is 0 Å². The van der Waals surface area contributed by atoms with Crippen molar-refractivity contribution in [2.75, 3.05) is 13.1 Å². The highest BCUT2D eigenvalue weighted by Crippen LogP contribution is 2.10. The third-order valence-electron chi connectivity index (χ3n) is 2.15. The van der Waals surface area contributed by atoms with Crippen LogP contribution in [0.5, 0.6) is 0 Å². The molecule has 16 heavy (non-hydrogen) atoms. The van der Waals surface area contributed by atoms with Crippen LogP contribution in [-0.2, 0) is 4.79 Å². The van der Waals surface area contributed by atoms with Crippen LogP contribution < -0.4 is 5.32 Å². The smallest absolute Gasteiger partial charge is 0.207 e. The Balaban J connectivity index is 2.81. The lowest BCUT2D eigenvalue weighted by atomic mass is 10.1. The van der Waals surface area contributed by atoms with Crippen LogP contribution in [0.15, 0.2) is 28.6 Å². The fourth-order valence-electron chi connectivity index (χ4n) is 1.31. The highest BCUT2D eigenvalue weighted by atomic mass is 16.3. The minimum Gasteiger partial charge on any atom is -0.506 e. The summed E-state index contributed by atoms with van der Waals surface area (Å²) in [6.07, 6.45) is 4.69. The molecular weight excluding hydrogens is 204 g/mol. The molecule has 4 nitrogen and oxygen atoms in total. The lowest BCUT2D eigenvalue weighted by Gasteiger charge is -2.13. The Morgan fingerprint density at radius 1 is 1.31 bits per heavy atom. The second-order valence-corrected chi connectivity index (χ2v) is 3.65. The van der Waals surface area contributed by atoms with E-state index >= 15 is 0 Å². The van der Waals surface area contributed by atoms with Gasteiger partial charge in [-0.25, -0.2) is 0 Å². The average molecular weight is 222 g/mol. The molecule has 0 unspecified atom stereocenters. The van der Waals surface area contributed by atoms with Crippen molar-refractivity contribution < 1.29 is 9.90 Å². The number of hydrogen-bond acceptors (Lipinski definition) is 4. The third-order valence-corrected chi connectivity index (χ3v) is 2.15. The summed E-state index contributed by atoms with van der Waals surface area (Å²) in [5.41, 5.74) is 0.995. The molecule has 0 amide bonds. The Labute approximate surface area is 95.8 Å². The van der Waals surface area contributed by atoms with Crippen LogP contribution in [0, 0.1) is 0 Å². The third kappa shape index (κ3) is 3.22. The first-order valence-electron chi connectivity index (χ1n) is 5.64. The summed E-state index contributed by atoms with van der Waals surface area (Å²) in [7, 11) is 0. The number of aliphatic hydroxyl groups is 1. The monoisotopic (exact) mass is 222 g/mol. The normalized spacial score (nSPS) is 18.4. The fraction of sp³-hybridized carbons (Fsp3) is 0.500. The van der Waals surface area contributed by atoms with Crippen molar-refractivity contribution in [3.8, 4) is 0 Å². The molecule has 0 aromatic heterocycles. The molecule has 0 heterocycles. The summed E-state index contributed by atoms with van der Waals surface area (Å²) in [6.45, 7) is 5.44. The van der Waals surface area contributed by atoms with Gasteiger partial charge in [-0.1, -0.05) is 13.8 Å². The number of rotatable bonds is 5. The van der Waals surface area contributed by atoms with Gasteiger partial charge in [0.15, 0.2) is 0 Å². The van der Waals surface area contributed by atoms with E-state index in [9.17, 15) is 9.90 Å². The Kier molecular flexibility index (Phi) is 4.76. The molecule has 1 aliphatic carbocycles. The molecule has 2 N–H and O–H groups in total. The first-order valence-corrected chi connectivity index (χ1v) is 5.64. The summed E-state index contributed by atoms with van der Waals surface area (Å²) in [5, 5.41) is 12.6. The Morgan fingerprint density at radius 3 is 2.69 bits per heavy atom. The van der Waals surface area contributed by atoms with Gasteiger partial charge in [0.2, 0.25) is 5.78 Å². The Morgan fingerprint density at radius 2 is 2.06 bits per heavy atom. The van der Waals surface area contributed by atoms with Gasteiger partial charge in [-0.15, -0.1) is 0 Å². The van der Waals surface area contributed by atoms with Crippen LogP contribution in [-0.4, -0.2) is 29.7 Å². The molecule has 0 saturated heterocycles. The van der Waals surface area contributed by atoms with Crippen molar-refractivity contribution in [2.45, 2.75) is 26.7 Å². The molecular formula is C12H18N2O2. The van der Waals surface area contributed by atoms with Gasteiger partial charge in [-0.2, -0.15) is 0 Å². The van der Waals surface area contributed by atoms with Gasteiger partial charge in [0.1, 0.15) is 11.5 Å². The highest BCUT2D eigenvalue weighted by Gasteiger charge is 2.17. The second-order valence-electron chi connectivity index (χ2n) is 3.65. The summed E-state index contributed by atoms with van der Waals surface area (Å²) in [6, 6.07) is 0. The predicted molar refractivity (Wildman–Crippen MR) is 64.7 cm³/mol. The number of aliphatic imine (C=N–C) groups is 1. The van der Waals surface area contributed by atoms with Crippen molar-refractivity contribution >= 4 is 11.5 Å². The standard InChI is InChI=1S/C12H18N2O2/c1-3-5-13-9-7-10(14-6-4-2)12(16)8-11(9)15/h7-8,13,15H,3-6H2,1-2H3. The molecule has 0 fully saturated rings. The molecule has 0 bridgehead atoms. The first-order chi connectivity index (χ1) is 7.69. The molecule has 1 rings (SSSR count). The zero-order chi connectivity index (χ0) is 12.0. The van der Waals surface area contributed by atoms with E-state index in [4.69, 9.17) is 0 Å². The van der Waals surface area contributed by atoms with Crippen molar-refractivity contribution in [3.05, 3.63) is 23.6 Å². The minimum atomic E-state index is -0.229. The number of nitrogens with one attached hydrogen (secondary N) is 1. The largest absolute Gasteiger partial charge is 0.506 e. The van der Waals surface area contributed by atoms with E-state index in [0.29, 0.717) is 18.0 Å². The maximum atomic E-state index is 11.5. The molecule has 0 spiro atoms. The van der Waals surface area contributed by atoms with Crippen LogP contribution in [0.25, 0.3) is 0 Å². The molecule has 88 valence electrons. The van der Waals surface area contributed by atoms with Gasteiger partial charge in [-0.05, 0) is 18.9 Å². The predicted octanol–water partition coefficient (Wildman–Crippen LogP) is 1.75. The maximum Gasteiger partial charge on any atom is 0.207 e. The number of hydrogen-bond donors (Lipinski definition) is 2. The van der Waals surface area contributed by atoms with Crippen LogP contribution >= 0.6 is 0 Å². The van der Waals surface area contributed by atoms with Crippen LogP contribution in [0.3, 0.4) is 0 Å². The molecule has 4 heteroatoms. The van der Waals surface area contributed by atoms with Gasteiger partial charge in [0.25, 0.3) is 0 Å². The number of aliphatic hydroxyl groups excluding tert-OH is 1. The summed E-state index contributed by atoms with van der Waals surface area (Å²) < 4.78 is 0. The number of carbonyl (C=O) groups is 1. The van der Waals surface area contributed by atoms with E-state index in [2.05, 4.69) is 10.3 Å². The molecule has 1 aliphatic rings. The van der Waals surface area contributed by atoms with Crippen LogP contribution in [0.4, 0.5) is 0 Å². The zero-order valence-electron chi connectivity index (χ0n) is 9.79. The molecule has 0 saturated carbocycles. The highest BCUT2D eigenvalue weighted by molar-refractivity contribution is 6.49. The van der Waals surface area contributed by atoms with Gasteiger partial charge in [0.05, 0.1) is 5.70 Å². The van der Waals surface area contributed by atoms with E-state index in [1.54, 1.807) is 6.08 Å². The SMILES string of the molecule is CCCN=C1C=C(NCCC)C(O)=CC1=O. The zero-order valence-corrected chi connectivity index (χ0v) is 9.79. The number of ketones is 1. The van der Waals surface area contributed by atoms with Crippen molar-refractivity contribution in [1.82, 2.24) is 5.32 Å². The van der Waals surface area contributed by atoms with E-state index in [-0.39, 0.29) is 11.5 Å². The van der Waals surface area contributed by atoms with Crippen LogP contribution in [0.1, 0.15) is 26.7 Å². The van der Waals surface area contributed by atoms with Crippen LogP contribution in [0.2, 0.25) is 0 Å². The van der Waals surface area contributed by atoms with E-state index in [0.717, 1.165) is 19.4 Å². The van der Waals surface area contributed by atoms with Gasteiger partial charge in [0, 0.05) is 19.2 Å². The quantitative estimate of drug-likeness (QED) is 0.696. The number of allylic oxidation sites excluding steroid dienone is 2. The molecule has 0 aromatic carbocycles. The first kappa shape index (κ1) is 12.5. The Bertz CT molecular complexity index is 354. The minimum absolute atomic E-state index is 0.00565. The van der Waals surface area contributed by atoms with Gasteiger partial charge >= 0.3 is 0 Å². The summed E-state index contributed by atoms with van der Waals surface area (Å²) >= 11 is 0. The average Bonchev–Trinajstić information content (AvgIpc) is 2.26. The molecule has 0 atom stereocenters. The molecule has 0 aromatic rings. The topological polar surface area (TPSA) is 61.7 Å². The summed E-state index contributed by atoms with van der Waals surface area (Å²) in [5.74, 6) is -0.234.